The maximum absolute atomic E-state index is 13.3. The molecular weight excluding hydrogens is 330 g/mol. The molecule has 0 atom stereocenters. The van der Waals surface area contributed by atoms with E-state index in [0.717, 1.165) is 0 Å². The summed E-state index contributed by atoms with van der Waals surface area (Å²) in [5, 5.41) is 7.85. The van der Waals surface area contributed by atoms with Gasteiger partial charge in [0.25, 0.3) is 0 Å². The molecule has 1 aromatic rings. The third-order valence-electron chi connectivity index (χ3n) is 2.01. The summed E-state index contributed by atoms with van der Waals surface area (Å²) in [6, 6.07) is 0.792. The van der Waals surface area contributed by atoms with Gasteiger partial charge in [0.1, 0.15) is 12.4 Å². The zero-order valence-corrected chi connectivity index (χ0v) is 10.9. The molecule has 11 heteroatoms. The SMILES string of the molecule is O=C(O)c1cc(S(=O)(=O)NCC(F)(F)F)cc(F)c1Cl. The Hall–Kier alpha value is -1.39. The van der Waals surface area contributed by atoms with Crippen LogP contribution in [0.1, 0.15) is 10.4 Å². The van der Waals surface area contributed by atoms with E-state index in [-0.39, 0.29) is 0 Å². The highest BCUT2D eigenvalue weighted by molar-refractivity contribution is 7.89. The molecule has 0 saturated carbocycles. The van der Waals surface area contributed by atoms with Crippen molar-refractivity contribution in [2.75, 3.05) is 6.54 Å². The van der Waals surface area contributed by atoms with Gasteiger partial charge in [0.05, 0.1) is 15.5 Å². The van der Waals surface area contributed by atoms with Crippen LogP contribution < -0.4 is 4.72 Å². The van der Waals surface area contributed by atoms with Crippen LogP contribution in [0.15, 0.2) is 17.0 Å². The van der Waals surface area contributed by atoms with Crippen LogP contribution in [-0.4, -0.2) is 32.2 Å². The fourth-order valence-corrected chi connectivity index (χ4v) is 2.38. The lowest BCUT2D eigenvalue weighted by Crippen LogP contribution is -2.33. The molecule has 1 aromatic carbocycles. The number of sulfonamides is 1. The molecule has 0 aliphatic carbocycles. The lowest BCUT2D eigenvalue weighted by molar-refractivity contribution is -0.121. The first-order valence-corrected chi connectivity index (χ1v) is 6.59. The van der Waals surface area contributed by atoms with E-state index in [4.69, 9.17) is 16.7 Å². The van der Waals surface area contributed by atoms with Crippen LogP contribution in [-0.2, 0) is 10.0 Å². The number of nitrogens with one attached hydrogen (secondary N) is 1. The Labute approximate surface area is 115 Å². The number of hydrogen-bond acceptors (Lipinski definition) is 3. The Balaban J connectivity index is 3.23. The summed E-state index contributed by atoms with van der Waals surface area (Å²) in [4.78, 5) is 9.75. The van der Waals surface area contributed by atoms with E-state index < -0.39 is 50.0 Å². The van der Waals surface area contributed by atoms with Crippen LogP contribution in [0.4, 0.5) is 17.6 Å². The zero-order valence-electron chi connectivity index (χ0n) is 9.33. The summed E-state index contributed by atoms with van der Waals surface area (Å²) in [5.41, 5.74) is -0.876. The molecule has 0 heterocycles. The fraction of sp³-hybridized carbons (Fsp3) is 0.222. The van der Waals surface area contributed by atoms with Crippen molar-refractivity contribution in [1.29, 1.82) is 0 Å². The number of aromatic carboxylic acids is 1. The predicted octanol–water partition coefficient (Wildman–Crippen LogP) is 2.02. The van der Waals surface area contributed by atoms with Crippen molar-refractivity contribution >= 4 is 27.6 Å². The quantitative estimate of drug-likeness (QED) is 0.825. The molecule has 5 nitrogen and oxygen atoms in total. The Kier molecular flexibility index (Phi) is 4.62. The van der Waals surface area contributed by atoms with Crippen molar-refractivity contribution in [3.8, 4) is 0 Å². The van der Waals surface area contributed by atoms with E-state index in [2.05, 4.69) is 0 Å². The lowest BCUT2D eigenvalue weighted by Gasteiger charge is -2.10. The number of benzene rings is 1. The van der Waals surface area contributed by atoms with E-state index in [1.54, 1.807) is 0 Å². The molecule has 0 aliphatic heterocycles. The maximum atomic E-state index is 13.3. The van der Waals surface area contributed by atoms with Crippen LogP contribution in [0.3, 0.4) is 0 Å². The van der Waals surface area contributed by atoms with Crippen molar-refractivity contribution in [3.63, 3.8) is 0 Å². The molecule has 0 unspecified atom stereocenters. The fourth-order valence-electron chi connectivity index (χ4n) is 1.14. The smallest absolute Gasteiger partial charge is 0.402 e. The molecule has 0 bridgehead atoms. The summed E-state index contributed by atoms with van der Waals surface area (Å²) in [5.74, 6) is -3.10. The van der Waals surface area contributed by atoms with Crippen molar-refractivity contribution in [3.05, 3.63) is 28.5 Å². The van der Waals surface area contributed by atoms with Crippen LogP contribution >= 0.6 is 11.6 Å². The van der Waals surface area contributed by atoms with Gasteiger partial charge in [0.2, 0.25) is 10.0 Å². The summed E-state index contributed by atoms with van der Waals surface area (Å²) in [6.45, 7) is -1.87. The van der Waals surface area contributed by atoms with Crippen molar-refractivity contribution in [1.82, 2.24) is 4.72 Å². The largest absolute Gasteiger partial charge is 0.478 e. The Bertz CT molecular complexity index is 644. The van der Waals surface area contributed by atoms with E-state index in [9.17, 15) is 30.8 Å². The van der Waals surface area contributed by atoms with E-state index in [1.807, 2.05) is 0 Å². The molecule has 0 amide bonds. The maximum Gasteiger partial charge on any atom is 0.402 e. The van der Waals surface area contributed by atoms with Gasteiger partial charge in [-0.2, -0.15) is 13.2 Å². The molecule has 0 fully saturated rings. The molecule has 0 saturated heterocycles. The van der Waals surface area contributed by atoms with E-state index >= 15 is 0 Å². The summed E-state index contributed by atoms with van der Waals surface area (Å²) in [6.07, 6.45) is -4.81. The highest BCUT2D eigenvalue weighted by atomic mass is 35.5. The number of carboxylic acids is 1. The van der Waals surface area contributed by atoms with E-state index in [0.29, 0.717) is 12.1 Å². The predicted molar refractivity (Wildman–Crippen MR) is 59.6 cm³/mol. The number of hydrogen-bond donors (Lipinski definition) is 2. The number of rotatable bonds is 4. The number of alkyl halides is 3. The van der Waals surface area contributed by atoms with Gasteiger partial charge in [0.15, 0.2) is 0 Å². The van der Waals surface area contributed by atoms with Gasteiger partial charge in [-0.25, -0.2) is 22.3 Å². The second-order valence-electron chi connectivity index (χ2n) is 3.51. The molecule has 1 rings (SSSR count). The number of carboxylic acid groups (broad SMARTS) is 1. The van der Waals surface area contributed by atoms with Gasteiger partial charge in [0, 0.05) is 0 Å². The minimum Gasteiger partial charge on any atom is -0.478 e. The van der Waals surface area contributed by atoms with E-state index in [1.165, 1.54) is 4.72 Å². The Morgan fingerprint density at radius 1 is 1.35 bits per heavy atom. The second kappa shape index (κ2) is 5.54. The lowest BCUT2D eigenvalue weighted by atomic mass is 10.2. The van der Waals surface area contributed by atoms with Gasteiger partial charge >= 0.3 is 12.1 Å². The normalized spacial score (nSPS) is 12.4. The number of halogens is 5. The number of carbonyl (C=O) groups is 1. The molecular formula is C9H6ClF4NO4S. The minimum atomic E-state index is -4.81. The highest BCUT2D eigenvalue weighted by Gasteiger charge is 2.31. The van der Waals surface area contributed by atoms with Gasteiger partial charge in [-0.1, -0.05) is 11.6 Å². The van der Waals surface area contributed by atoms with Gasteiger partial charge < -0.3 is 5.11 Å². The Morgan fingerprint density at radius 3 is 2.35 bits per heavy atom. The third kappa shape index (κ3) is 4.05. The summed E-state index contributed by atoms with van der Waals surface area (Å²) < 4.78 is 73.3. The minimum absolute atomic E-state index is 0.327. The van der Waals surface area contributed by atoms with Crippen LogP contribution in [0, 0.1) is 5.82 Å². The average Bonchev–Trinajstić information content (AvgIpc) is 2.28. The molecule has 0 spiro atoms. The monoisotopic (exact) mass is 335 g/mol. The first kappa shape index (κ1) is 16.7. The standard InChI is InChI=1S/C9H6ClF4NO4S/c10-7-5(8(16)17)1-4(2-6(7)11)20(18,19)15-3-9(12,13)14/h1-2,15H,3H2,(H,16,17). The average molecular weight is 336 g/mol. The Morgan fingerprint density at radius 2 is 1.90 bits per heavy atom. The first-order valence-electron chi connectivity index (χ1n) is 4.73. The van der Waals surface area contributed by atoms with Gasteiger partial charge in [-0.15, -0.1) is 0 Å². The van der Waals surface area contributed by atoms with Crippen molar-refractivity contribution in [2.24, 2.45) is 0 Å². The van der Waals surface area contributed by atoms with Crippen molar-refractivity contribution < 1.29 is 35.9 Å². The molecule has 0 aromatic heterocycles. The second-order valence-corrected chi connectivity index (χ2v) is 5.66. The van der Waals surface area contributed by atoms with Crippen molar-refractivity contribution in [2.45, 2.75) is 11.1 Å². The van der Waals surface area contributed by atoms with Gasteiger partial charge in [-0.05, 0) is 12.1 Å². The topological polar surface area (TPSA) is 83.5 Å². The molecule has 0 aliphatic rings. The summed E-state index contributed by atoms with van der Waals surface area (Å²) in [7, 11) is -4.72. The molecule has 2 N–H and O–H groups in total. The molecule has 20 heavy (non-hydrogen) atoms. The van der Waals surface area contributed by atoms with Gasteiger partial charge in [-0.3, -0.25) is 0 Å². The molecule has 0 radical (unpaired) electrons. The van der Waals surface area contributed by atoms with Crippen LogP contribution in [0.5, 0.6) is 0 Å². The third-order valence-corrected chi connectivity index (χ3v) is 3.77. The van der Waals surface area contributed by atoms with Crippen LogP contribution in [0.2, 0.25) is 5.02 Å². The highest BCUT2D eigenvalue weighted by Crippen LogP contribution is 2.25. The molecule has 112 valence electrons. The zero-order chi connectivity index (χ0) is 15.7. The first-order chi connectivity index (χ1) is 8.94. The van der Waals surface area contributed by atoms with Crippen LogP contribution in [0.25, 0.3) is 0 Å². The summed E-state index contributed by atoms with van der Waals surface area (Å²) >= 11 is 5.31.